The van der Waals surface area contributed by atoms with Gasteiger partial charge in [0.05, 0.1) is 24.0 Å². The maximum absolute atomic E-state index is 13.8. The number of hydrogen-bond donors (Lipinski definition) is 0. The first-order chi connectivity index (χ1) is 12.7. The van der Waals surface area contributed by atoms with Crippen LogP contribution in [-0.4, -0.2) is 11.6 Å². The molecule has 0 bridgehead atoms. The summed E-state index contributed by atoms with van der Waals surface area (Å²) in [4.78, 5) is 11.9. The van der Waals surface area contributed by atoms with Gasteiger partial charge in [-0.3, -0.25) is 4.79 Å². The first-order valence-electron chi connectivity index (χ1n) is 8.62. The minimum Gasteiger partial charge on any atom is -0.460 e. The van der Waals surface area contributed by atoms with E-state index >= 15 is 0 Å². The highest BCUT2D eigenvalue weighted by Crippen LogP contribution is 2.23. The molecule has 0 radical (unpaired) electrons. The second-order valence-electron chi connectivity index (χ2n) is 7.32. The van der Waals surface area contributed by atoms with Crippen molar-refractivity contribution in [3.63, 3.8) is 0 Å². The van der Waals surface area contributed by atoms with Crippen LogP contribution in [0.15, 0.2) is 42.5 Å². The van der Waals surface area contributed by atoms with Crippen molar-refractivity contribution in [3.05, 3.63) is 59.4 Å². The molecule has 5 heteroatoms. The van der Waals surface area contributed by atoms with Crippen molar-refractivity contribution >= 4 is 5.97 Å². The molecule has 0 fully saturated rings. The number of benzene rings is 2. The Morgan fingerprint density at radius 3 is 2.26 bits per heavy atom. The average molecular weight is 364 g/mol. The molecule has 0 saturated carbocycles. The molecule has 27 heavy (non-hydrogen) atoms. The normalized spacial score (nSPS) is 11.9. The Bertz CT molecular complexity index is 900. The van der Waals surface area contributed by atoms with Gasteiger partial charge in [-0.25, -0.2) is 4.39 Å². The number of halogens is 1. The lowest BCUT2D eigenvalue weighted by Gasteiger charge is -2.20. The van der Waals surface area contributed by atoms with Crippen molar-refractivity contribution < 1.29 is 13.9 Å². The summed E-state index contributed by atoms with van der Waals surface area (Å²) < 4.78 is 19.0. The van der Waals surface area contributed by atoms with E-state index in [1.165, 1.54) is 12.1 Å². The highest BCUT2D eigenvalue weighted by molar-refractivity contribution is 5.70. The molecule has 0 aliphatic carbocycles. The van der Waals surface area contributed by atoms with Crippen molar-refractivity contribution in [2.24, 2.45) is 5.92 Å². The summed E-state index contributed by atoms with van der Waals surface area (Å²) in [5, 5.41) is 18.1. The quantitative estimate of drug-likeness (QED) is 0.716. The van der Waals surface area contributed by atoms with Gasteiger partial charge in [0.25, 0.3) is 0 Å². The van der Waals surface area contributed by atoms with Gasteiger partial charge in [-0.2, -0.15) is 10.5 Å². The summed E-state index contributed by atoms with van der Waals surface area (Å²) in [5.41, 5.74) is 1.82. The topological polar surface area (TPSA) is 73.9 Å². The Morgan fingerprint density at radius 2 is 1.74 bits per heavy atom. The molecular formula is C22H21FN2O2. The Labute approximate surface area is 158 Å². The van der Waals surface area contributed by atoms with E-state index in [-0.39, 0.29) is 12.0 Å². The van der Waals surface area contributed by atoms with Crippen LogP contribution in [0.25, 0.3) is 11.1 Å². The van der Waals surface area contributed by atoms with Gasteiger partial charge >= 0.3 is 5.97 Å². The third-order valence-electron chi connectivity index (χ3n) is 3.87. The molecule has 2 aromatic rings. The molecule has 0 unspecified atom stereocenters. The number of nitriles is 2. The highest BCUT2D eigenvalue weighted by Gasteiger charge is 2.20. The van der Waals surface area contributed by atoms with Crippen LogP contribution < -0.4 is 0 Å². The van der Waals surface area contributed by atoms with Gasteiger partial charge in [0.15, 0.2) is 0 Å². The fourth-order valence-corrected chi connectivity index (χ4v) is 2.65. The van der Waals surface area contributed by atoms with Crippen LogP contribution in [0, 0.1) is 34.4 Å². The fraction of sp³-hybridized carbons (Fsp3) is 0.318. The lowest BCUT2D eigenvalue weighted by Crippen LogP contribution is -2.25. The zero-order valence-electron chi connectivity index (χ0n) is 15.6. The number of esters is 1. The summed E-state index contributed by atoms with van der Waals surface area (Å²) in [6.45, 7) is 5.37. The molecule has 138 valence electrons. The smallest absolute Gasteiger partial charge is 0.307 e. The van der Waals surface area contributed by atoms with Gasteiger partial charge < -0.3 is 4.74 Å². The molecular weight excluding hydrogens is 343 g/mol. The minimum atomic E-state index is -0.574. The second-order valence-corrected chi connectivity index (χ2v) is 7.32. The third kappa shape index (κ3) is 5.94. The van der Waals surface area contributed by atoms with Crippen molar-refractivity contribution in [2.45, 2.75) is 39.2 Å². The summed E-state index contributed by atoms with van der Waals surface area (Å²) in [6.07, 6.45) is 0.466. The van der Waals surface area contributed by atoms with Gasteiger partial charge in [-0.15, -0.1) is 0 Å². The number of carbonyl (C=O) groups is 1. The summed E-state index contributed by atoms with van der Waals surface area (Å²) in [7, 11) is 0. The minimum absolute atomic E-state index is 0.00868. The molecule has 0 amide bonds. The lowest BCUT2D eigenvalue weighted by atomic mass is 9.95. The molecule has 0 heterocycles. The molecule has 0 aliphatic rings. The zero-order chi connectivity index (χ0) is 20.0. The standard InChI is InChI=1S/C22H21FN2O2/c1-22(2,3)27-21(26)11-16(13-24)10-15-4-6-17(7-5-15)18-8-9-19(14-25)20(23)12-18/h4-9,12,16H,10-11H2,1-3H3/t16-/m1/s1. The number of hydrogen-bond acceptors (Lipinski definition) is 4. The van der Waals surface area contributed by atoms with E-state index in [4.69, 9.17) is 10.00 Å². The summed E-state index contributed by atoms with van der Waals surface area (Å²) in [5.74, 6) is -1.42. The summed E-state index contributed by atoms with van der Waals surface area (Å²) in [6, 6.07) is 15.8. The van der Waals surface area contributed by atoms with E-state index in [2.05, 4.69) is 6.07 Å². The molecule has 0 saturated heterocycles. The molecule has 0 aliphatic heterocycles. The molecule has 0 N–H and O–H groups in total. The molecule has 2 rings (SSSR count). The largest absolute Gasteiger partial charge is 0.460 e. The Hall–Kier alpha value is -3.18. The van der Waals surface area contributed by atoms with Gasteiger partial charge in [0.1, 0.15) is 17.5 Å². The molecule has 1 atom stereocenters. The van der Waals surface area contributed by atoms with E-state index in [1.807, 2.05) is 24.3 Å². The van der Waals surface area contributed by atoms with E-state index in [0.717, 1.165) is 11.1 Å². The fourth-order valence-electron chi connectivity index (χ4n) is 2.65. The Kier molecular flexibility index (Phi) is 6.32. The summed E-state index contributed by atoms with van der Waals surface area (Å²) >= 11 is 0. The van der Waals surface area contributed by atoms with Crippen LogP contribution in [0.3, 0.4) is 0 Å². The van der Waals surface area contributed by atoms with E-state index in [1.54, 1.807) is 32.9 Å². The first kappa shape index (κ1) is 20.1. The van der Waals surface area contributed by atoms with Crippen LogP contribution in [0.1, 0.15) is 38.3 Å². The monoisotopic (exact) mass is 364 g/mol. The molecule has 0 aromatic heterocycles. The average Bonchev–Trinajstić information content (AvgIpc) is 2.60. The predicted molar refractivity (Wildman–Crippen MR) is 99.8 cm³/mol. The molecule has 2 aromatic carbocycles. The Morgan fingerprint density at radius 1 is 1.11 bits per heavy atom. The zero-order valence-corrected chi connectivity index (χ0v) is 15.6. The van der Waals surface area contributed by atoms with E-state index < -0.39 is 23.3 Å². The van der Waals surface area contributed by atoms with Crippen molar-refractivity contribution in [3.8, 4) is 23.3 Å². The van der Waals surface area contributed by atoms with Gasteiger partial charge in [0, 0.05) is 0 Å². The maximum atomic E-state index is 13.8. The van der Waals surface area contributed by atoms with Gasteiger partial charge in [-0.05, 0) is 56.0 Å². The van der Waals surface area contributed by atoms with Gasteiger partial charge in [-0.1, -0.05) is 30.3 Å². The van der Waals surface area contributed by atoms with Crippen molar-refractivity contribution in [2.75, 3.05) is 0 Å². The van der Waals surface area contributed by atoms with Crippen molar-refractivity contribution in [1.82, 2.24) is 0 Å². The van der Waals surface area contributed by atoms with Crippen LogP contribution in [0.2, 0.25) is 0 Å². The second kappa shape index (κ2) is 8.47. The van der Waals surface area contributed by atoms with Crippen LogP contribution >= 0.6 is 0 Å². The molecule has 4 nitrogen and oxygen atoms in total. The predicted octanol–water partition coefficient (Wildman–Crippen LogP) is 4.78. The van der Waals surface area contributed by atoms with Crippen LogP contribution in [-0.2, 0) is 16.0 Å². The van der Waals surface area contributed by atoms with Crippen LogP contribution in [0.4, 0.5) is 4.39 Å². The molecule has 0 spiro atoms. The third-order valence-corrected chi connectivity index (χ3v) is 3.87. The number of nitrogens with zero attached hydrogens (tertiary/aromatic N) is 2. The first-order valence-corrected chi connectivity index (χ1v) is 8.62. The number of rotatable bonds is 5. The highest BCUT2D eigenvalue weighted by atomic mass is 19.1. The SMILES string of the molecule is CC(C)(C)OC(=O)C[C@H](C#N)Cc1ccc(-c2ccc(C#N)c(F)c2)cc1. The number of carbonyl (C=O) groups excluding carboxylic acids is 1. The lowest BCUT2D eigenvalue weighted by molar-refractivity contribution is -0.155. The van der Waals surface area contributed by atoms with Gasteiger partial charge in [0.2, 0.25) is 0 Å². The maximum Gasteiger partial charge on any atom is 0.307 e. The van der Waals surface area contributed by atoms with E-state index in [0.29, 0.717) is 12.0 Å². The Balaban J connectivity index is 2.06. The van der Waals surface area contributed by atoms with Crippen LogP contribution in [0.5, 0.6) is 0 Å². The van der Waals surface area contributed by atoms with Crippen molar-refractivity contribution in [1.29, 1.82) is 10.5 Å². The number of ether oxygens (including phenoxy) is 1. The van der Waals surface area contributed by atoms with E-state index in [9.17, 15) is 14.4 Å².